The van der Waals surface area contributed by atoms with E-state index < -0.39 is 6.10 Å². The number of rotatable bonds is 10. The first kappa shape index (κ1) is 21.0. The van der Waals surface area contributed by atoms with Gasteiger partial charge >= 0.3 is 5.97 Å². The minimum Gasteiger partial charge on any atom is -0.469 e. The van der Waals surface area contributed by atoms with Gasteiger partial charge in [0.25, 0.3) is 0 Å². The highest BCUT2D eigenvalue weighted by Gasteiger charge is 2.05. The fourth-order valence-corrected chi connectivity index (χ4v) is 2.39. The van der Waals surface area contributed by atoms with Crippen LogP contribution in [0, 0.1) is 11.8 Å². The lowest BCUT2D eigenvalue weighted by Crippen LogP contribution is -1.98. The van der Waals surface area contributed by atoms with Gasteiger partial charge in [-0.05, 0) is 36.5 Å². The first-order valence-electron chi connectivity index (χ1n) is 9.14. The smallest absolute Gasteiger partial charge is 0.305 e. The summed E-state index contributed by atoms with van der Waals surface area (Å²) in [6.45, 7) is 2.18. The predicted molar refractivity (Wildman–Crippen MR) is 103 cm³/mol. The van der Waals surface area contributed by atoms with E-state index in [4.69, 9.17) is 0 Å². The number of aliphatic hydroxyl groups is 1. The number of aliphatic hydroxyl groups excluding tert-OH is 1. The number of carbonyl (C=O) groups is 1. The molecule has 0 saturated heterocycles. The molecule has 25 heavy (non-hydrogen) atoms. The van der Waals surface area contributed by atoms with Crippen molar-refractivity contribution >= 4 is 12.0 Å². The van der Waals surface area contributed by atoms with E-state index >= 15 is 0 Å². The molecule has 0 radical (unpaired) electrons. The molecular formula is C22H30O3. The highest BCUT2D eigenvalue weighted by molar-refractivity contribution is 5.69. The van der Waals surface area contributed by atoms with E-state index in [1.807, 2.05) is 36.4 Å². The fraction of sp³-hybridized carbons (Fsp3) is 0.500. The van der Waals surface area contributed by atoms with Gasteiger partial charge in [0, 0.05) is 19.3 Å². The van der Waals surface area contributed by atoms with Crippen molar-refractivity contribution in [3.05, 3.63) is 41.5 Å². The Kier molecular flexibility index (Phi) is 11.1. The van der Waals surface area contributed by atoms with Crippen LogP contribution >= 0.6 is 0 Å². The molecule has 1 aromatic carbocycles. The summed E-state index contributed by atoms with van der Waals surface area (Å²) in [7, 11) is 1.41. The quantitative estimate of drug-likeness (QED) is 0.368. The van der Waals surface area contributed by atoms with Crippen LogP contribution in [-0.4, -0.2) is 18.2 Å². The minimum atomic E-state index is -0.550. The van der Waals surface area contributed by atoms with E-state index in [1.54, 1.807) is 0 Å². The SMILES string of the molecule is CCCCCC#CCC(O)c1cccc(C=CCCCC(=O)OC)c1. The van der Waals surface area contributed by atoms with Gasteiger partial charge in [-0.3, -0.25) is 4.79 Å². The van der Waals surface area contributed by atoms with Crippen LogP contribution in [0.3, 0.4) is 0 Å². The van der Waals surface area contributed by atoms with Gasteiger partial charge in [0.2, 0.25) is 0 Å². The lowest BCUT2D eigenvalue weighted by Gasteiger charge is -2.08. The Balaban J connectivity index is 2.43. The van der Waals surface area contributed by atoms with E-state index in [2.05, 4.69) is 23.5 Å². The largest absolute Gasteiger partial charge is 0.469 e. The van der Waals surface area contributed by atoms with Gasteiger partial charge in [-0.15, -0.1) is 11.8 Å². The second-order valence-corrected chi connectivity index (χ2v) is 6.07. The van der Waals surface area contributed by atoms with Gasteiger partial charge in [-0.1, -0.05) is 50.1 Å². The summed E-state index contributed by atoms with van der Waals surface area (Å²) < 4.78 is 4.61. The molecule has 1 unspecified atom stereocenters. The fourth-order valence-electron chi connectivity index (χ4n) is 2.39. The first-order valence-corrected chi connectivity index (χ1v) is 9.14. The molecule has 1 rings (SSSR count). The topological polar surface area (TPSA) is 46.5 Å². The van der Waals surface area contributed by atoms with Crippen LogP contribution in [0.2, 0.25) is 0 Å². The normalized spacial score (nSPS) is 11.8. The minimum absolute atomic E-state index is 0.172. The maximum absolute atomic E-state index is 11.0. The third-order valence-corrected chi connectivity index (χ3v) is 3.91. The van der Waals surface area contributed by atoms with Gasteiger partial charge in [-0.25, -0.2) is 0 Å². The van der Waals surface area contributed by atoms with Crippen molar-refractivity contribution in [1.29, 1.82) is 0 Å². The summed E-state index contributed by atoms with van der Waals surface area (Å²) >= 11 is 0. The molecule has 0 aliphatic carbocycles. The molecule has 0 bridgehead atoms. The summed E-state index contributed by atoms with van der Waals surface area (Å²) in [4.78, 5) is 11.0. The third-order valence-electron chi connectivity index (χ3n) is 3.91. The second-order valence-electron chi connectivity index (χ2n) is 6.07. The zero-order valence-electron chi connectivity index (χ0n) is 15.5. The molecule has 0 heterocycles. The molecule has 3 heteroatoms. The average Bonchev–Trinajstić information content (AvgIpc) is 2.64. The highest BCUT2D eigenvalue weighted by Crippen LogP contribution is 2.18. The standard InChI is InChI=1S/C22H30O3/c1-3-4-5-6-7-10-16-21(23)20-15-12-14-19(18-20)13-9-8-11-17-22(24)25-2/h9,12-15,18,21,23H,3-6,8,11,16-17H2,1-2H3. The number of ether oxygens (including phenoxy) is 1. The van der Waals surface area contributed by atoms with Crippen molar-refractivity contribution in [1.82, 2.24) is 0 Å². The van der Waals surface area contributed by atoms with E-state index in [9.17, 15) is 9.90 Å². The Bertz CT molecular complexity index is 593. The maximum atomic E-state index is 11.0. The maximum Gasteiger partial charge on any atom is 0.305 e. The molecule has 0 spiro atoms. The van der Waals surface area contributed by atoms with Gasteiger partial charge in [0.05, 0.1) is 13.2 Å². The van der Waals surface area contributed by atoms with Crippen LogP contribution in [0.25, 0.3) is 6.08 Å². The molecule has 1 atom stereocenters. The van der Waals surface area contributed by atoms with Crippen LogP contribution in [0.5, 0.6) is 0 Å². The number of carbonyl (C=O) groups excluding carboxylic acids is 1. The van der Waals surface area contributed by atoms with Crippen molar-refractivity contribution in [3.63, 3.8) is 0 Å². The Morgan fingerprint density at radius 3 is 2.88 bits per heavy atom. The zero-order chi connectivity index (χ0) is 18.3. The average molecular weight is 342 g/mol. The summed E-state index contributed by atoms with van der Waals surface area (Å²) in [6, 6.07) is 7.86. The Hall–Kier alpha value is -2.05. The number of benzene rings is 1. The molecule has 0 aliphatic heterocycles. The highest BCUT2D eigenvalue weighted by atomic mass is 16.5. The van der Waals surface area contributed by atoms with Crippen molar-refractivity contribution < 1.29 is 14.6 Å². The van der Waals surface area contributed by atoms with Crippen molar-refractivity contribution in [2.24, 2.45) is 0 Å². The molecule has 0 aliphatic rings. The lowest BCUT2D eigenvalue weighted by atomic mass is 10.0. The first-order chi connectivity index (χ1) is 12.2. The molecule has 136 valence electrons. The van der Waals surface area contributed by atoms with E-state index in [1.165, 1.54) is 20.0 Å². The van der Waals surface area contributed by atoms with Gasteiger partial charge in [-0.2, -0.15) is 0 Å². The Morgan fingerprint density at radius 2 is 2.12 bits per heavy atom. The van der Waals surface area contributed by atoms with Crippen LogP contribution in [0.4, 0.5) is 0 Å². The Labute approximate surface area is 152 Å². The molecule has 3 nitrogen and oxygen atoms in total. The van der Waals surface area contributed by atoms with Crippen molar-refractivity contribution in [3.8, 4) is 11.8 Å². The van der Waals surface area contributed by atoms with Crippen LogP contribution in [0.15, 0.2) is 30.3 Å². The number of methoxy groups -OCH3 is 1. The van der Waals surface area contributed by atoms with E-state index in [0.717, 1.165) is 36.8 Å². The molecule has 1 aromatic rings. The predicted octanol–water partition coefficient (Wildman–Crippen LogP) is 5.05. The van der Waals surface area contributed by atoms with Crippen molar-refractivity contribution in [2.45, 2.75) is 64.4 Å². The monoisotopic (exact) mass is 342 g/mol. The van der Waals surface area contributed by atoms with Gasteiger partial charge in [0.15, 0.2) is 0 Å². The zero-order valence-corrected chi connectivity index (χ0v) is 15.5. The molecule has 0 saturated carbocycles. The number of allylic oxidation sites excluding steroid dienone is 1. The summed E-state index contributed by atoms with van der Waals surface area (Å²) in [5.41, 5.74) is 1.94. The van der Waals surface area contributed by atoms with Crippen LogP contribution in [0.1, 0.15) is 75.5 Å². The summed E-state index contributed by atoms with van der Waals surface area (Å²) in [6.07, 6.45) is 10.5. The number of unbranched alkanes of at least 4 members (excludes halogenated alkanes) is 4. The van der Waals surface area contributed by atoms with E-state index in [0.29, 0.717) is 12.8 Å². The molecule has 0 aromatic heterocycles. The molecular weight excluding hydrogens is 312 g/mol. The number of esters is 1. The second kappa shape index (κ2) is 13.3. The molecule has 1 N–H and O–H groups in total. The van der Waals surface area contributed by atoms with Crippen LogP contribution in [-0.2, 0) is 9.53 Å². The van der Waals surface area contributed by atoms with Gasteiger partial charge in [0.1, 0.15) is 0 Å². The van der Waals surface area contributed by atoms with Crippen LogP contribution < -0.4 is 0 Å². The summed E-state index contributed by atoms with van der Waals surface area (Å²) in [5, 5.41) is 10.3. The molecule has 0 amide bonds. The van der Waals surface area contributed by atoms with Gasteiger partial charge < -0.3 is 9.84 Å². The Morgan fingerprint density at radius 1 is 1.28 bits per heavy atom. The number of hydrogen-bond acceptors (Lipinski definition) is 3. The summed E-state index contributed by atoms with van der Waals surface area (Å²) in [5.74, 6) is 6.04. The third kappa shape index (κ3) is 9.74. The lowest BCUT2D eigenvalue weighted by molar-refractivity contribution is -0.140. The number of hydrogen-bond donors (Lipinski definition) is 1. The van der Waals surface area contributed by atoms with E-state index in [-0.39, 0.29) is 5.97 Å². The van der Waals surface area contributed by atoms with Crippen molar-refractivity contribution in [2.75, 3.05) is 7.11 Å². The molecule has 0 fully saturated rings.